The smallest absolute Gasteiger partial charge is 0.411 e. The van der Waals surface area contributed by atoms with Gasteiger partial charge in [-0.1, -0.05) is 163 Å². The third-order valence-electron chi connectivity index (χ3n) is 16.1. The van der Waals surface area contributed by atoms with Crippen LogP contribution in [-0.2, 0) is 5.41 Å². The van der Waals surface area contributed by atoms with Crippen LogP contribution in [0.5, 0.6) is 46.0 Å². The molecule has 0 atom stereocenters. The number of aryl methyl sites for hydroxylation is 2. The maximum atomic E-state index is 15.1. The normalized spacial score (nSPS) is 11.5. The van der Waals surface area contributed by atoms with E-state index in [1.165, 1.54) is 48.5 Å². The number of benzene rings is 12. The van der Waals surface area contributed by atoms with Gasteiger partial charge in [-0.05, 0) is 187 Å². The molecular weight excluding hydrogens is 1210 g/mol. The summed E-state index contributed by atoms with van der Waals surface area (Å²) < 4.78 is 114. The average Bonchev–Trinajstić information content (AvgIpc) is 0.718. The number of alkyl halides is 6. The van der Waals surface area contributed by atoms with Crippen LogP contribution >= 0.6 is 0 Å². The molecule has 0 radical (unpaired) electrons. The van der Waals surface area contributed by atoms with Crippen LogP contribution in [0.1, 0.15) is 85.9 Å². The molecular formula is C81H54F6O8. The Hall–Kier alpha value is -11.9. The van der Waals surface area contributed by atoms with E-state index in [4.69, 9.17) is 18.9 Å². The van der Waals surface area contributed by atoms with Gasteiger partial charge in [-0.2, -0.15) is 26.3 Å². The lowest BCUT2D eigenvalue weighted by atomic mass is 9.73. The lowest BCUT2D eigenvalue weighted by Crippen LogP contribution is -2.54. The summed E-state index contributed by atoms with van der Waals surface area (Å²) in [5.74, 6) is 1.89. The van der Waals surface area contributed by atoms with Crippen LogP contribution < -0.4 is 18.9 Å². The maximum Gasteiger partial charge on any atom is 0.411 e. The minimum absolute atomic E-state index is 0.0385. The number of carbonyl (C=O) groups excluding carboxylic acids is 4. The predicted molar refractivity (Wildman–Crippen MR) is 352 cm³/mol. The Morgan fingerprint density at radius 3 is 0.842 bits per heavy atom. The van der Waals surface area contributed by atoms with Crippen molar-refractivity contribution in [3.63, 3.8) is 0 Å². The summed E-state index contributed by atoms with van der Waals surface area (Å²) in [5, 5.41) is 0. The number of rotatable bonds is 20. The van der Waals surface area contributed by atoms with E-state index >= 15 is 26.3 Å². The Kier molecular flexibility index (Phi) is 17.8. The van der Waals surface area contributed by atoms with Gasteiger partial charge < -0.3 is 18.9 Å². The van der Waals surface area contributed by atoms with Crippen LogP contribution in [0.4, 0.5) is 26.3 Å². The van der Waals surface area contributed by atoms with Gasteiger partial charge >= 0.3 is 12.4 Å². The Balaban J connectivity index is 0.650. The second kappa shape index (κ2) is 26.7. The standard InChI is InChI=1S/C81H54F6O8/c1-51-8-11-56(12-9-51)75(88)60-25-35-66(36-26-60)93-69-41-31-63(32-42-69)79(80(82,83)84,81(85,86)87)64-33-43-70(44-34-64)94-67-37-27-61(28-38-67)77(90)58-21-15-54(16-22-58)53-13-19-57(20-14-53)76(89)59-23-17-55(18-24-59)73-49-10-52(2)50-74(73)78(91)62-29-39-68(40-30-62)95-72-47-45-71(46-48-72)92-65-6-4-3-5-7-65/h3-50H,1-2H3. The Morgan fingerprint density at radius 1 is 0.263 bits per heavy atom. The highest BCUT2D eigenvalue weighted by Crippen LogP contribution is 2.56. The maximum absolute atomic E-state index is 15.1. The molecule has 0 heterocycles. The minimum Gasteiger partial charge on any atom is -0.457 e. The monoisotopic (exact) mass is 1270 g/mol. The SMILES string of the molecule is Cc1ccc(C(=O)c2ccc(Oc3ccc(C(c4ccc(Oc5ccc(C(=O)c6ccc(-c7ccc(C(=O)c8ccc(-c9ccc(C)cc9C(=O)c9ccc(Oc%10ccc(Oc%11ccccc%11)cc%10)cc9)cc8)cc7)cc6)cc5)cc4)(C(F)(F)F)C(F)(F)F)cc3)cc2)cc1. The number of ketones is 4. The molecule has 95 heavy (non-hydrogen) atoms. The zero-order valence-corrected chi connectivity index (χ0v) is 50.7. The summed E-state index contributed by atoms with van der Waals surface area (Å²) >= 11 is 0. The van der Waals surface area contributed by atoms with Crippen LogP contribution in [0.15, 0.2) is 291 Å². The molecule has 0 saturated carbocycles. The second-order valence-corrected chi connectivity index (χ2v) is 22.5. The van der Waals surface area contributed by atoms with Crippen molar-refractivity contribution in [2.75, 3.05) is 0 Å². The summed E-state index contributed by atoms with van der Waals surface area (Å²) in [6.45, 7) is 3.81. The first kappa shape index (κ1) is 63.3. The fourth-order valence-corrected chi connectivity index (χ4v) is 11.0. The molecule has 0 aliphatic rings. The first-order chi connectivity index (χ1) is 45.8. The van der Waals surface area contributed by atoms with Gasteiger partial charge in [0.1, 0.15) is 46.0 Å². The van der Waals surface area contributed by atoms with Crippen molar-refractivity contribution in [2.45, 2.75) is 31.6 Å². The third-order valence-corrected chi connectivity index (χ3v) is 16.1. The molecule has 0 N–H and O–H groups in total. The fraction of sp³-hybridized carbons (Fsp3) is 0.0617. The summed E-state index contributed by atoms with van der Waals surface area (Å²) in [6.07, 6.45) is -11.7. The topological polar surface area (TPSA) is 105 Å². The molecule has 12 aromatic rings. The van der Waals surface area contributed by atoms with E-state index in [0.29, 0.717) is 73.9 Å². The molecule has 0 aliphatic heterocycles. The Labute approximate surface area is 542 Å². The number of para-hydroxylation sites is 1. The lowest BCUT2D eigenvalue weighted by Gasteiger charge is -2.38. The van der Waals surface area contributed by atoms with Crippen molar-refractivity contribution in [3.05, 3.63) is 358 Å². The van der Waals surface area contributed by atoms with E-state index in [0.717, 1.165) is 70.0 Å². The quantitative estimate of drug-likeness (QED) is 0.0549. The first-order valence-electron chi connectivity index (χ1n) is 29.9. The highest BCUT2D eigenvalue weighted by atomic mass is 19.4. The van der Waals surface area contributed by atoms with Gasteiger partial charge in [-0.3, -0.25) is 19.2 Å². The number of hydrogen-bond donors (Lipinski definition) is 0. The molecule has 12 aromatic carbocycles. The second-order valence-electron chi connectivity index (χ2n) is 22.5. The van der Waals surface area contributed by atoms with Crippen LogP contribution in [0, 0.1) is 13.8 Å². The molecule has 8 nitrogen and oxygen atoms in total. The van der Waals surface area contributed by atoms with E-state index in [1.54, 1.807) is 97.1 Å². The molecule has 0 spiro atoms. The van der Waals surface area contributed by atoms with Crippen molar-refractivity contribution in [1.82, 2.24) is 0 Å². The molecule has 14 heteroatoms. The summed E-state index contributed by atoms with van der Waals surface area (Å²) in [5.41, 5.74) is 1.68. The first-order valence-corrected chi connectivity index (χ1v) is 29.9. The van der Waals surface area contributed by atoms with E-state index in [1.807, 2.05) is 111 Å². The van der Waals surface area contributed by atoms with Crippen LogP contribution in [0.3, 0.4) is 0 Å². The Morgan fingerprint density at radius 2 is 0.516 bits per heavy atom. The van der Waals surface area contributed by atoms with E-state index < -0.39 is 28.9 Å². The molecule has 0 unspecified atom stereocenters. The van der Waals surface area contributed by atoms with Gasteiger partial charge in [0.25, 0.3) is 0 Å². The van der Waals surface area contributed by atoms with Crippen molar-refractivity contribution < 1.29 is 64.5 Å². The largest absolute Gasteiger partial charge is 0.457 e. The zero-order valence-electron chi connectivity index (χ0n) is 50.7. The van der Waals surface area contributed by atoms with Gasteiger partial charge in [0.15, 0.2) is 23.1 Å². The van der Waals surface area contributed by atoms with Crippen molar-refractivity contribution in [1.29, 1.82) is 0 Å². The Bertz CT molecular complexity index is 4710. The predicted octanol–water partition coefficient (Wildman–Crippen LogP) is 21.1. The van der Waals surface area contributed by atoms with Gasteiger partial charge in [0, 0.05) is 44.5 Å². The molecule has 0 saturated heterocycles. The summed E-state index contributed by atoms with van der Waals surface area (Å²) in [6, 6.07) is 76.2. The third kappa shape index (κ3) is 13.8. The highest BCUT2D eigenvalue weighted by Gasteiger charge is 2.72. The number of hydrogen-bond acceptors (Lipinski definition) is 8. The van der Waals surface area contributed by atoms with Crippen molar-refractivity contribution in [2.24, 2.45) is 0 Å². The zero-order chi connectivity index (χ0) is 66.4. The molecule has 0 aromatic heterocycles. The van der Waals surface area contributed by atoms with Gasteiger partial charge in [-0.25, -0.2) is 0 Å². The van der Waals surface area contributed by atoms with Gasteiger partial charge in [0.05, 0.1) is 0 Å². The molecule has 12 rings (SSSR count). The van der Waals surface area contributed by atoms with Gasteiger partial charge in [-0.15, -0.1) is 0 Å². The molecule has 0 amide bonds. The van der Waals surface area contributed by atoms with Crippen molar-refractivity contribution in [3.8, 4) is 68.2 Å². The van der Waals surface area contributed by atoms with Crippen LogP contribution in [0.25, 0.3) is 22.3 Å². The fourth-order valence-electron chi connectivity index (χ4n) is 11.0. The average molecular weight is 1270 g/mol. The van der Waals surface area contributed by atoms with E-state index in [2.05, 4.69) is 0 Å². The lowest BCUT2D eigenvalue weighted by molar-refractivity contribution is -0.288. The highest BCUT2D eigenvalue weighted by molar-refractivity contribution is 6.14. The molecule has 0 aliphatic carbocycles. The minimum atomic E-state index is -5.85. The molecule has 0 bridgehead atoms. The molecule has 468 valence electrons. The van der Waals surface area contributed by atoms with Gasteiger partial charge in [0.2, 0.25) is 5.41 Å². The van der Waals surface area contributed by atoms with E-state index in [-0.39, 0.29) is 51.7 Å². The van der Waals surface area contributed by atoms with Crippen molar-refractivity contribution >= 4 is 23.1 Å². The van der Waals surface area contributed by atoms with Crippen LogP contribution in [-0.4, -0.2) is 35.5 Å². The molecule has 0 fully saturated rings. The number of carbonyl (C=O) groups is 4. The summed E-state index contributed by atoms with van der Waals surface area (Å²) in [4.78, 5) is 54.4. The number of ether oxygens (including phenoxy) is 4. The van der Waals surface area contributed by atoms with E-state index in [9.17, 15) is 19.2 Å². The summed E-state index contributed by atoms with van der Waals surface area (Å²) in [7, 11) is 0. The number of halogens is 6. The van der Waals surface area contributed by atoms with Crippen LogP contribution in [0.2, 0.25) is 0 Å².